The number of likely N-dealkylation sites (tertiary alicyclic amines) is 1. The van der Waals surface area contributed by atoms with Gasteiger partial charge in [-0.05, 0) is 36.4 Å². The van der Waals surface area contributed by atoms with Crippen LogP contribution in [0, 0.1) is 0 Å². The van der Waals surface area contributed by atoms with E-state index in [4.69, 9.17) is 4.74 Å². The van der Waals surface area contributed by atoms with Gasteiger partial charge in [0.25, 0.3) is 5.56 Å². The molecule has 1 fully saturated rings. The number of benzene rings is 2. The Kier molecular flexibility index (Phi) is 6.09. The zero-order chi connectivity index (χ0) is 20.9. The number of nitrogens with one attached hydrogen (secondary N) is 2. The van der Waals surface area contributed by atoms with Crippen LogP contribution in [0.25, 0.3) is 11.0 Å². The number of ether oxygens (including phenoxy) is 1. The van der Waals surface area contributed by atoms with E-state index in [9.17, 15) is 9.59 Å². The molecule has 0 saturated carbocycles. The lowest BCUT2D eigenvalue weighted by Gasteiger charge is -2.25. The SMILES string of the molecule is COc1ccc([C@H](CNC(=O)Cn2c(=O)cnc3ccccc32)[NH+]2CCCC2)cc1. The van der Waals surface area contributed by atoms with E-state index in [1.54, 1.807) is 7.11 Å². The molecular weight excluding hydrogens is 380 g/mol. The molecule has 0 unspecified atom stereocenters. The number of carbonyl (C=O) groups is 1. The molecule has 156 valence electrons. The average Bonchev–Trinajstić information content (AvgIpc) is 3.31. The molecule has 0 bridgehead atoms. The average molecular weight is 407 g/mol. The van der Waals surface area contributed by atoms with Crippen LogP contribution >= 0.6 is 0 Å². The van der Waals surface area contributed by atoms with E-state index in [-0.39, 0.29) is 24.1 Å². The number of methoxy groups -OCH3 is 1. The minimum absolute atomic E-state index is 0.0213. The predicted octanol–water partition coefficient (Wildman–Crippen LogP) is 0.941. The molecule has 30 heavy (non-hydrogen) atoms. The number of rotatable bonds is 7. The molecule has 1 aromatic heterocycles. The maximum Gasteiger partial charge on any atom is 0.269 e. The van der Waals surface area contributed by atoms with E-state index in [2.05, 4.69) is 22.4 Å². The molecule has 7 nitrogen and oxygen atoms in total. The van der Waals surface area contributed by atoms with Crippen LogP contribution in [-0.2, 0) is 11.3 Å². The number of aromatic nitrogens is 2. The van der Waals surface area contributed by atoms with Crippen LogP contribution < -0.4 is 20.5 Å². The summed E-state index contributed by atoms with van der Waals surface area (Å²) in [5.41, 5.74) is 2.26. The van der Waals surface area contributed by atoms with Gasteiger partial charge in [0.2, 0.25) is 5.91 Å². The topological polar surface area (TPSA) is 77.7 Å². The minimum Gasteiger partial charge on any atom is -0.497 e. The van der Waals surface area contributed by atoms with Crippen molar-refractivity contribution in [1.29, 1.82) is 0 Å². The Hall–Kier alpha value is -3.19. The molecular formula is C23H27N4O3+. The standard InChI is InChI=1S/C23H26N4O3/c1-30-18-10-8-17(9-11-18)21(26-12-4-5-13-26)14-25-22(28)16-27-20-7-3-2-6-19(20)24-15-23(27)29/h2-3,6-11,15,21H,4-5,12-14,16H2,1H3,(H,25,28)/p+1/t21-/m0/s1. The highest BCUT2D eigenvalue weighted by molar-refractivity contribution is 5.79. The van der Waals surface area contributed by atoms with Crippen molar-refractivity contribution in [3.63, 3.8) is 0 Å². The smallest absolute Gasteiger partial charge is 0.269 e. The third kappa shape index (κ3) is 4.36. The number of para-hydroxylation sites is 2. The van der Waals surface area contributed by atoms with E-state index in [0.717, 1.165) is 18.8 Å². The number of carbonyl (C=O) groups excluding carboxylic acids is 1. The summed E-state index contributed by atoms with van der Waals surface area (Å²) < 4.78 is 6.75. The van der Waals surface area contributed by atoms with Gasteiger partial charge in [-0.2, -0.15) is 0 Å². The van der Waals surface area contributed by atoms with Gasteiger partial charge in [-0.1, -0.05) is 12.1 Å². The van der Waals surface area contributed by atoms with Gasteiger partial charge in [0, 0.05) is 18.4 Å². The first-order chi connectivity index (χ1) is 14.7. The Balaban J connectivity index is 1.49. The maximum absolute atomic E-state index is 12.7. The maximum atomic E-state index is 12.7. The normalized spacial score (nSPS) is 15.2. The van der Waals surface area contributed by atoms with Crippen LogP contribution in [0.15, 0.2) is 59.5 Å². The minimum atomic E-state index is -0.277. The molecule has 3 aromatic rings. The van der Waals surface area contributed by atoms with E-state index >= 15 is 0 Å². The summed E-state index contributed by atoms with van der Waals surface area (Å²) in [5.74, 6) is 0.646. The fraction of sp³-hybridized carbons (Fsp3) is 0.348. The summed E-state index contributed by atoms with van der Waals surface area (Å²) in [6.45, 7) is 2.70. The van der Waals surface area contributed by atoms with Gasteiger partial charge in [0.1, 0.15) is 18.3 Å². The molecule has 2 aromatic carbocycles. The number of hydrogen-bond donors (Lipinski definition) is 2. The van der Waals surface area contributed by atoms with Crippen molar-refractivity contribution in [2.24, 2.45) is 0 Å². The highest BCUT2D eigenvalue weighted by atomic mass is 16.5. The Morgan fingerprint density at radius 1 is 1.17 bits per heavy atom. The van der Waals surface area contributed by atoms with Gasteiger partial charge >= 0.3 is 0 Å². The second-order valence-corrected chi connectivity index (χ2v) is 7.67. The predicted molar refractivity (Wildman–Crippen MR) is 115 cm³/mol. The molecule has 7 heteroatoms. The summed E-state index contributed by atoms with van der Waals surface area (Å²) >= 11 is 0. The van der Waals surface area contributed by atoms with E-state index < -0.39 is 0 Å². The van der Waals surface area contributed by atoms with Gasteiger partial charge < -0.3 is 15.0 Å². The van der Waals surface area contributed by atoms with Crippen molar-refractivity contribution in [3.05, 3.63) is 70.6 Å². The Labute approximate surface area is 175 Å². The van der Waals surface area contributed by atoms with Gasteiger partial charge in [-0.15, -0.1) is 0 Å². The quantitative estimate of drug-likeness (QED) is 0.611. The zero-order valence-electron chi connectivity index (χ0n) is 17.1. The van der Waals surface area contributed by atoms with Crippen LogP contribution in [0.4, 0.5) is 0 Å². The lowest BCUT2D eigenvalue weighted by Crippen LogP contribution is -3.11. The molecule has 1 saturated heterocycles. The molecule has 2 N–H and O–H groups in total. The fourth-order valence-electron chi connectivity index (χ4n) is 4.20. The molecule has 2 heterocycles. The van der Waals surface area contributed by atoms with Gasteiger partial charge in [0.15, 0.2) is 0 Å². The molecule has 0 radical (unpaired) electrons. The van der Waals surface area contributed by atoms with Crippen LogP contribution in [0.3, 0.4) is 0 Å². The van der Waals surface area contributed by atoms with Crippen LogP contribution in [-0.4, -0.2) is 42.2 Å². The van der Waals surface area contributed by atoms with Crippen LogP contribution in [0.2, 0.25) is 0 Å². The highest BCUT2D eigenvalue weighted by Crippen LogP contribution is 2.16. The molecule has 0 spiro atoms. The first-order valence-corrected chi connectivity index (χ1v) is 10.4. The Morgan fingerprint density at radius 3 is 2.63 bits per heavy atom. The van der Waals surface area contributed by atoms with Gasteiger partial charge in [-0.25, -0.2) is 4.98 Å². The molecule has 0 aliphatic carbocycles. The molecule has 1 aliphatic heterocycles. The number of nitrogens with zero attached hydrogens (tertiary/aromatic N) is 2. The first-order valence-electron chi connectivity index (χ1n) is 10.4. The summed E-state index contributed by atoms with van der Waals surface area (Å²) in [4.78, 5) is 30.7. The second kappa shape index (κ2) is 9.09. The largest absolute Gasteiger partial charge is 0.497 e. The molecule has 1 amide bonds. The first kappa shape index (κ1) is 20.1. The van der Waals surface area contributed by atoms with E-state index in [0.29, 0.717) is 17.6 Å². The molecule has 4 rings (SSSR count). The van der Waals surface area contributed by atoms with E-state index in [1.165, 1.54) is 34.1 Å². The van der Waals surface area contributed by atoms with Crippen molar-refractivity contribution in [2.75, 3.05) is 26.7 Å². The summed E-state index contributed by atoms with van der Waals surface area (Å²) in [7, 11) is 1.66. The van der Waals surface area contributed by atoms with Crippen molar-refractivity contribution < 1.29 is 14.4 Å². The Bertz CT molecular complexity index is 1070. The van der Waals surface area contributed by atoms with Crippen LogP contribution in [0.5, 0.6) is 5.75 Å². The lowest BCUT2D eigenvalue weighted by atomic mass is 10.1. The third-order valence-corrected chi connectivity index (χ3v) is 5.81. The highest BCUT2D eigenvalue weighted by Gasteiger charge is 2.28. The third-order valence-electron chi connectivity index (χ3n) is 5.81. The summed E-state index contributed by atoms with van der Waals surface area (Å²) in [6, 6.07) is 15.6. The number of fused-ring (bicyclic) bond motifs is 1. The Morgan fingerprint density at radius 2 is 1.90 bits per heavy atom. The number of hydrogen-bond acceptors (Lipinski definition) is 4. The number of amides is 1. The van der Waals surface area contributed by atoms with Crippen molar-refractivity contribution >= 4 is 16.9 Å². The zero-order valence-corrected chi connectivity index (χ0v) is 17.1. The van der Waals surface area contributed by atoms with Crippen molar-refractivity contribution in [2.45, 2.75) is 25.4 Å². The van der Waals surface area contributed by atoms with Gasteiger partial charge in [0.05, 0.1) is 44.0 Å². The molecule has 1 aliphatic rings. The fourth-order valence-corrected chi connectivity index (χ4v) is 4.20. The molecule has 1 atom stereocenters. The monoisotopic (exact) mass is 407 g/mol. The van der Waals surface area contributed by atoms with Crippen molar-refractivity contribution in [3.8, 4) is 5.75 Å². The summed E-state index contributed by atoms with van der Waals surface area (Å²) in [6.07, 6.45) is 3.67. The number of quaternary nitrogens is 1. The lowest BCUT2D eigenvalue weighted by molar-refractivity contribution is -0.918. The van der Waals surface area contributed by atoms with Crippen LogP contribution in [0.1, 0.15) is 24.4 Å². The van der Waals surface area contributed by atoms with Crippen molar-refractivity contribution in [1.82, 2.24) is 14.9 Å². The summed E-state index contributed by atoms with van der Waals surface area (Å²) in [5, 5.41) is 3.06. The second-order valence-electron chi connectivity index (χ2n) is 7.67. The van der Waals surface area contributed by atoms with E-state index in [1.807, 2.05) is 36.4 Å². The van der Waals surface area contributed by atoms with Gasteiger partial charge in [-0.3, -0.25) is 14.2 Å².